The van der Waals surface area contributed by atoms with E-state index in [9.17, 15) is 9.59 Å². The fraction of sp³-hybridized carbons (Fsp3) is 0.926. The minimum Gasteiger partial charge on any atom is -0.466 e. The van der Waals surface area contributed by atoms with Crippen LogP contribution >= 0.6 is 0 Å². The lowest BCUT2D eigenvalue weighted by Gasteiger charge is -2.06. The van der Waals surface area contributed by atoms with Crippen LogP contribution in [0.2, 0.25) is 0 Å². The van der Waals surface area contributed by atoms with Gasteiger partial charge in [0, 0.05) is 12.8 Å². The van der Waals surface area contributed by atoms with Gasteiger partial charge >= 0.3 is 11.9 Å². The van der Waals surface area contributed by atoms with Gasteiger partial charge in [-0.15, -0.1) is 0 Å². The monoisotopic (exact) mass is 440 g/mol. The molecule has 0 aliphatic rings. The molecule has 0 fully saturated rings. The first-order chi connectivity index (χ1) is 15.2. The lowest BCUT2D eigenvalue weighted by Crippen LogP contribution is -2.05. The number of rotatable bonds is 24. The molecular weight excluding hydrogens is 388 g/mol. The Bertz CT molecular complexity index is 359. The molecule has 4 nitrogen and oxygen atoms in total. The molecule has 0 aromatic heterocycles. The van der Waals surface area contributed by atoms with Crippen molar-refractivity contribution in [1.29, 1.82) is 0 Å². The second kappa shape index (κ2) is 25.2. The predicted molar refractivity (Wildman–Crippen MR) is 130 cm³/mol. The molecule has 0 amide bonds. The molecule has 0 unspecified atom stereocenters. The first kappa shape index (κ1) is 29.9. The Balaban J connectivity index is 3.22. The molecule has 0 aliphatic heterocycles. The standard InChI is InChI=1S/C27H52O4/c1-3-5-7-16-20-24-30-26(28)22-18-14-12-10-9-11-13-15-19-23-27(29)31-25-21-17-8-6-4-2/h3-25H2,1-2H3. The van der Waals surface area contributed by atoms with E-state index in [-0.39, 0.29) is 11.9 Å². The first-order valence-corrected chi connectivity index (χ1v) is 13.5. The molecule has 0 bridgehead atoms. The Morgan fingerprint density at radius 1 is 0.419 bits per heavy atom. The second-order valence-electron chi connectivity index (χ2n) is 8.95. The summed E-state index contributed by atoms with van der Waals surface area (Å²) in [5, 5.41) is 0. The number of carbonyl (C=O) groups excluding carboxylic acids is 2. The van der Waals surface area contributed by atoms with Crippen LogP contribution in [0, 0.1) is 0 Å². The van der Waals surface area contributed by atoms with Crippen molar-refractivity contribution in [1.82, 2.24) is 0 Å². The Kier molecular flexibility index (Phi) is 24.3. The summed E-state index contributed by atoms with van der Waals surface area (Å²) >= 11 is 0. The maximum Gasteiger partial charge on any atom is 0.305 e. The fourth-order valence-corrected chi connectivity index (χ4v) is 3.70. The van der Waals surface area contributed by atoms with Gasteiger partial charge in [0.25, 0.3) is 0 Å². The molecule has 0 heterocycles. The van der Waals surface area contributed by atoms with Crippen molar-refractivity contribution >= 4 is 11.9 Å². The minimum atomic E-state index is -0.0227. The van der Waals surface area contributed by atoms with Crippen LogP contribution in [-0.4, -0.2) is 25.2 Å². The molecule has 0 rings (SSSR count). The van der Waals surface area contributed by atoms with Crippen LogP contribution in [0.4, 0.5) is 0 Å². The van der Waals surface area contributed by atoms with E-state index in [1.165, 1.54) is 83.5 Å². The zero-order valence-corrected chi connectivity index (χ0v) is 20.9. The molecular formula is C27H52O4. The summed E-state index contributed by atoms with van der Waals surface area (Å²) in [6, 6.07) is 0. The van der Waals surface area contributed by atoms with Crippen molar-refractivity contribution in [2.24, 2.45) is 0 Å². The molecule has 184 valence electrons. The fourth-order valence-electron chi connectivity index (χ4n) is 3.70. The van der Waals surface area contributed by atoms with Gasteiger partial charge in [-0.25, -0.2) is 0 Å². The number of esters is 2. The molecule has 0 aromatic rings. The normalized spacial score (nSPS) is 10.9. The van der Waals surface area contributed by atoms with E-state index < -0.39 is 0 Å². The van der Waals surface area contributed by atoms with Crippen LogP contribution in [0.25, 0.3) is 0 Å². The minimum absolute atomic E-state index is 0.0227. The molecule has 31 heavy (non-hydrogen) atoms. The van der Waals surface area contributed by atoms with Crippen LogP contribution in [-0.2, 0) is 19.1 Å². The molecule has 0 saturated carbocycles. The van der Waals surface area contributed by atoms with Crippen LogP contribution < -0.4 is 0 Å². The highest BCUT2D eigenvalue weighted by Crippen LogP contribution is 2.12. The summed E-state index contributed by atoms with van der Waals surface area (Å²) in [6.45, 7) is 5.61. The van der Waals surface area contributed by atoms with E-state index in [0.29, 0.717) is 26.1 Å². The average molecular weight is 441 g/mol. The van der Waals surface area contributed by atoms with Crippen molar-refractivity contribution in [2.45, 2.75) is 149 Å². The van der Waals surface area contributed by atoms with E-state index in [2.05, 4.69) is 13.8 Å². The third-order valence-corrected chi connectivity index (χ3v) is 5.78. The number of hydrogen-bond acceptors (Lipinski definition) is 4. The van der Waals surface area contributed by atoms with Crippen LogP contribution in [0.15, 0.2) is 0 Å². The van der Waals surface area contributed by atoms with E-state index in [4.69, 9.17) is 9.47 Å². The summed E-state index contributed by atoms with van der Waals surface area (Å²) in [5.41, 5.74) is 0. The summed E-state index contributed by atoms with van der Waals surface area (Å²) in [7, 11) is 0. The van der Waals surface area contributed by atoms with Gasteiger partial charge in [0.15, 0.2) is 0 Å². The van der Waals surface area contributed by atoms with Gasteiger partial charge in [0.1, 0.15) is 0 Å². The highest BCUT2D eigenvalue weighted by molar-refractivity contribution is 5.69. The molecule has 4 heteroatoms. The SMILES string of the molecule is CCCCCCCOC(=O)CCCCCCCCCCCC(=O)OCCCCCCC. The van der Waals surface area contributed by atoms with Crippen molar-refractivity contribution in [3.63, 3.8) is 0 Å². The van der Waals surface area contributed by atoms with Gasteiger partial charge in [-0.1, -0.05) is 110 Å². The highest BCUT2D eigenvalue weighted by atomic mass is 16.5. The topological polar surface area (TPSA) is 52.6 Å². The second-order valence-corrected chi connectivity index (χ2v) is 8.95. The van der Waals surface area contributed by atoms with Gasteiger partial charge in [-0.2, -0.15) is 0 Å². The van der Waals surface area contributed by atoms with Crippen LogP contribution in [0.5, 0.6) is 0 Å². The summed E-state index contributed by atoms with van der Waals surface area (Å²) in [4.78, 5) is 23.3. The Labute approximate surface area is 193 Å². The van der Waals surface area contributed by atoms with Gasteiger partial charge in [-0.3, -0.25) is 9.59 Å². The largest absolute Gasteiger partial charge is 0.466 e. The van der Waals surface area contributed by atoms with E-state index in [1.54, 1.807) is 0 Å². The quantitative estimate of drug-likeness (QED) is 0.112. The smallest absolute Gasteiger partial charge is 0.305 e. The molecule has 0 aliphatic carbocycles. The van der Waals surface area contributed by atoms with Crippen molar-refractivity contribution in [3.05, 3.63) is 0 Å². The highest BCUT2D eigenvalue weighted by Gasteiger charge is 2.04. The molecule has 0 aromatic carbocycles. The maximum atomic E-state index is 11.7. The maximum absolute atomic E-state index is 11.7. The molecule has 0 saturated heterocycles. The van der Waals surface area contributed by atoms with E-state index >= 15 is 0 Å². The first-order valence-electron chi connectivity index (χ1n) is 13.5. The van der Waals surface area contributed by atoms with Gasteiger partial charge in [0.2, 0.25) is 0 Å². The summed E-state index contributed by atoms with van der Waals surface area (Å²) < 4.78 is 10.6. The summed E-state index contributed by atoms with van der Waals surface area (Å²) in [5.74, 6) is -0.0453. The predicted octanol–water partition coefficient (Wildman–Crippen LogP) is 8.30. The van der Waals surface area contributed by atoms with E-state index in [0.717, 1.165) is 38.5 Å². The van der Waals surface area contributed by atoms with Crippen LogP contribution in [0.3, 0.4) is 0 Å². The number of unbranched alkanes of at least 4 members (excludes halogenated alkanes) is 16. The zero-order chi connectivity index (χ0) is 22.8. The number of hydrogen-bond donors (Lipinski definition) is 0. The average Bonchev–Trinajstić information content (AvgIpc) is 2.76. The Morgan fingerprint density at radius 2 is 0.710 bits per heavy atom. The van der Waals surface area contributed by atoms with Gasteiger partial charge in [0.05, 0.1) is 13.2 Å². The lowest BCUT2D eigenvalue weighted by atomic mass is 10.1. The Morgan fingerprint density at radius 3 is 1.06 bits per heavy atom. The molecule has 0 radical (unpaired) electrons. The van der Waals surface area contributed by atoms with Gasteiger partial charge in [-0.05, 0) is 25.7 Å². The third-order valence-electron chi connectivity index (χ3n) is 5.78. The molecule has 0 atom stereocenters. The number of carbonyl (C=O) groups is 2. The van der Waals surface area contributed by atoms with Crippen LogP contribution in [0.1, 0.15) is 149 Å². The lowest BCUT2D eigenvalue weighted by molar-refractivity contribution is -0.144. The van der Waals surface area contributed by atoms with Gasteiger partial charge < -0.3 is 9.47 Å². The number of ether oxygens (including phenoxy) is 2. The zero-order valence-electron chi connectivity index (χ0n) is 20.9. The van der Waals surface area contributed by atoms with Crippen molar-refractivity contribution in [2.75, 3.05) is 13.2 Å². The molecule has 0 spiro atoms. The summed E-state index contributed by atoms with van der Waals surface area (Å²) in [6.07, 6.45) is 23.3. The molecule has 0 N–H and O–H groups in total. The third kappa shape index (κ3) is 25.1. The Hall–Kier alpha value is -1.06. The van der Waals surface area contributed by atoms with Crippen molar-refractivity contribution < 1.29 is 19.1 Å². The van der Waals surface area contributed by atoms with E-state index in [1.807, 2.05) is 0 Å². The van der Waals surface area contributed by atoms with Crippen molar-refractivity contribution in [3.8, 4) is 0 Å².